The molecular formula is C25H30N2O7. The van der Waals surface area contributed by atoms with Gasteiger partial charge in [-0.3, -0.25) is 14.4 Å². The summed E-state index contributed by atoms with van der Waals surface area (Å²) < 4.78 is 0. The first-order valence-corrected chi connectivity index (χ1v) is 11.4. The van der Waals surface area contributed by atoms with E-state index in [0.29, 0.717) is 12.0 Å². The predicted octanol–water partition coefficient (Wildman–Crippen LogP) is 1.56. The van der Waals surface area contributed by atoms with E-state index in [9.17, 15) is 34.8 Å². The fourth-order valence-electron chi connectivity index (χ4n) is 5.55. The second-order valence-electron chi connectivity index (χ2n) is 9.74. The molecule has 1 aromatic rings. The summed E-state index contributed by atoms with van der Waals surface area (Å²) in [4.78, 5) is 41.4. The van der Waals surface area contributed by atoms with Gasteiger partial charge in [-0.25, -0.2) is 0 Å². The molecule has 0 amide bonds. The van der Waals surface area contributed by atoms with Crippen LogP contribution in [-0.4, -0.2) is 63.5 Å². The van der Waals surface area contributed by atoms with Gasteiger partial charge in [0.05, 0.1) is 11.6 Å². The molecule has 3 aliphatic rings. The van der Waals surface area contributed by atoms with Crippen molar-refractivity contribution in [3.05, 3.63) is 40.2 Å². The molecule has 9 heteroatoms. The molecule has 182 valence electrons. The Balaban J connectivity index is 1.94. The van der Waals surface area contributed by atoms with Crippen molar-refractivity contribution < 1.29 is 34.8 Å². The van der Waals surface area contributed by atoms with E-state index in [1.54, 1.807) is 19.9 Å². The second-order valence-corrected chi connectivity index (χ2v) is 9.74. The molecule has 0 radical (unpaired) electrons. The van der Waals surface area contributed by atoms with Crippen LogP contribution in [0.4, 0.5) is 5.69 Å². The number of rotatable bonds is 4. The minimum Gasteiger partial charge on any atom is -0.508 e. The minimum atomic E-state index is -2.63. The van der Waals surface area contributed by atoms with Gasteiger partial charge in [-0.05, 0) is 42.9 Å². The fraction of sp³-hybridized carbons (Fsp3) is 0.480. The molecule has 0 aromatic heterocycles. The number of nitrogens with two attached hydrogens (primary N) is 1. The van der Waals surface area contributed by atoms with E-state index >= 15 is 0 Å². The molecule has 34 heavy (non-hydrogen) atoms. The third kappa shape index (κ3) is 3.03. The zero-order valence-corrected chi connectivity index (χ0v) is 19.6. The van der Waals surface area contributed by atoms with Crippen molar-refractivity contribution in [2.45, 2.75) is 44.8 Å². The molecule has 0 bridgehead atoms. The minimum absolute atomic E-state index is 0.0192. The number of hydrogen-bond donors (Lipinski definition) is 5. The molecule has 3 aliphatic carbocycles. The van der Waals surface area contributed by atoms with Gasteiger partial charge in [0.1, 0.15) is 22.8 Å². The molecule has 4 rings (SSSR count). The fourth-order valence-corrected chi connectivity index (χ4v) is 5.55. The van der Waals surface area contributed by atoms with Crippen LogP contribution in [0.15, 0.2) is 29.0 Å². The molecule has 5 unspecified atom stereocenters. The smallest absolute Gasteiger partial charge is 0.202 e. The van der Waals surface area contributed by atoms with Crippen molar-refractivity contribution in [1.82, 2.24) is 0 Å². The van der Waals surface area contributed by atoms with Crippen molar-refractivity contribution in [2.75, 3.05) is 19.0 Å². The zero-order chi connectivity index (χ0) is 25.3. The lowest BCUT2D eigenvalue weighted by Gasteiger charge is -2.48. The Labute approximate surface area is 197 Å². The molecule has 5 atom stereocenters. The highest BCUT2D eigenvalue weighted by Gasteiger charge is 2.63. The number of aromatic hydroxyl groups is 1. The summed E-state index contributed by atoms with van der Waals surface area (Å²) >= 11 is 0. The third-order valence-corrected chi connectivity index (χ3v) is 7.65. The van der Waals surface area contributed by atoms with Gasteiger partial charge in [-0.2, -0.15) is 0 Å². The number of benzene rings is 1. The van der Waals surface area contributed by atoms with E-state index in [-0.39, 0.29) is 29.7 Å². The number of hydrogen-bond acceptors (Lipinski definition) is 9. The van der Waals surface area contributed by atoms with E-state index in [1.165, 1.54) is 6.07 Å². The van der Waals surface area contributed by atoms with Gasteiger partial charge in [0.2, 0.25) is 5.78 Å². The topological polar surface area (TPSA) is 161 Å². The predicted molar refractivity (Wildman–Crippen MR) is 124 cm³/mol. The number of anilines is 1. The van der Waals surface area contributed by atoms with E-state index in [2.05, 4.69) is 0 Å². The molecule has 0 heterocycles. The van der Waals surface area contributed by atoms with Gasteiger partial charge < -0.3 is 31.1 Å². The Hall–Kier alpha value is -3.17. The first-order chi connectivity index (χ1) is 15.9. The van der Waals surface area contributed by atoms with Crippen molar-refractivity contribution >= 4 is 28.8 Å². The van der Waals surface area contributed by atoms with E-state index in [4.69, 9.17) is 5.73 Å². The highest BCUT2D eigenvalue weighted by atomic mass is 16.3. The third-order valence-electron chi connectivity index (χ3n) is 7.65. The standard InChI is InChI=1S/C25H30N2O7/c1-5-10(2)20(29)18-22(31)19(26)13-9-11-8-12-14(27(3)4)6-7-15(28)17(12)21(30)16(11)23(32)25(13,34)24(18)33/h6-7,10-11,13,19,28,30,33-34H,5,8-9,26H2,1-4H3. The quantitative estimate of drug-likeness (QED) is 0.411. The maximum absolute atomic E-state index is 13.7. The Morgan fingerprint density at radius 1 is 1.24 bits per heavy atom. The van der Waals surface area contributed by atoms with Crippen molar-refractivity contribution in [2.24, 2.45) is 23.5 Å². The van der Waals surface area contributed by atoms with E-state index < -0.39 is 63.8 Å². The number of phenols is 1. The number of nitrogens with zero attached hydrogens (tertiary/aromatic N) is 1. The van der Waals surface area contributed by atoms with Crippen LogP contribution in [-0.2, 0) is 20.8 Å². The number of carbonyl (C=O) groups is 3. The Bertz CT molecular complexity index is 1180. The van der Waals surface area contributed by atoms with Crippen LogP contribution in [0.25, 0.3) is 5.76 Å². The van der Waals surface area contributed by atoms with Crippen molar-refractivity contribution in [3.63, 3.8) is 0 Å². The van der Waals surface area contributed by atoms with Crippen LogP contribution in [0.5, 0.6) is 5.75 Å². The van der Waals surface area contributed by atoms with Crippen LogP contribution in [0.3, 0.4) is 0 Å². The summed E-state index contributed by atoms with van der Waals surface area (Å²) in [6.07, 6.45) is 0.649. The lowest BCUT2D eigenvalue weighted by atomic mass is 9.57. The van der Waals surface area contributed by atoms with E-state index in [0.717, 1.165) is 5.69 Å². The van der Waals surface area contributed by atoms with Crippen molar-refractivity contribution in [1.29, 1.82) is 0 Å². The first-order valence-electron chi connectivity index (χ1n) is 11.4. The number of Topliss-reactive ketones (excluding diaryl/α,β-unsaturated/α-hetero) is 3. The maximum atomic E-state index is 13.7. The summed E-state index contributed by atoms with van der Waals surface area (Å²) in [5.74, 6) is -6.64. The molecule has 0 saturated heterocycles. The second kappa shape index (κ2) is 7.95. The number of aliphatic hydroxyl groups excluding tert-OH is 2. The molecule has 1 saturated carbocycles. The molecular weight excluding hydrogens is 440 g/mol. The summed E-state index contributed by atoms with van der Waals surface area (Å²) in [5.41, 5.74) is 4.19. The van der Waals surface area contributed by atoms with E-state index in [1.807, 2.05) is 19.0 Å². The number of carbonyl (C=O) groups excluding carboxylic acids is 3. The van der Waals surface area contributed by atoms with Crippen LogP contribution < -0.4 is 10.6 Å². The number of ketones is 3. The van der Waals surface area contributed by atoms with Crippen LogP contribution in [0, 0.1) is 17.8 Å². The van der Waals surface area contributed by atoms with Gasteiger partial charge in [-0.15, -0.1) is 0 Å². The molecule has 6 N–H and O–H groups in total. The molecule has 0 aliphatic heterocycles. The van der Waals surface area contributed by atoms with Gasteiger partial charge in [0.25, 0.3) is 0 Å². The molecule has 9 nitrogen and oxygen atoms in total. The molecule has 1 aromatic carbocycles. The lowest BCUT2D eigenvalue weighted by Crippen LogP contribution is -2.65. The van der Waals surface area contributed by atoms with Crippen molar-refractivity contribution in [3.8, 4) is 5.75 Å². The van der Waals surface area contributed by atoms with Gasteiger partial charge in [-0.1, -0.05) is 13.8 Å². The largest absolute Gasteiger partial charge is 0.508 e. The average Bonchev–Trinajstić information content (AvgIpc) is 2.78. The normalized spacial score (nSPS) is 29.4. The van der Waals surface area contributed by atoms with Crippen LogP contribution >= 0.6 is 0 Å². The maximum Gasteiger partial charge on any atom is 0.202 e. The summed E-state index contributed by atoms with van der Waals surface area (Å²) in [7, 11) is 3.62. The number of fused-ring (bicyclic) bond motifs is 3. The van der Waals surface area contributed by atoms with Crippen LogP contribution in [0.2, 0.25) is 0 Å². The summed E-state index contributed by atoms with van der Waals surface area (Å²) in [5, 5.41) is 44.2. The van der Waals surface area contributed by atoms with Gasteiger partial charge >= 0.3 is 0 Å². The van der Waals surface area contributed by atoms with Gasteiger partial charge in [0.15, 0.2) is 17.2 Å². The SMILES string of the molecule is CCC(C)C(=O)C1=C(O)C2(O)C(=O)C3=C(O)c4c(O)ccc(N(C)C)c4CC3CC2C(N)C1=O. The number of phenolic OH excluding ortho intramolecular Hbond substituents is 1. The first kappa shape index (κ1) is 24.0. The summed E-state index contributed by atoms with van der Waals surface area (Å²) in [6.45, 7) is 3.31. The average molecular weight is 471 g/mol. The van der Waals surface area contributed by atoms with Gasteiger partial charge in [0, 0.05) is 37.2 Å². The zero-order valence-electron chi connectivity index (χ0n) is 19.6. The monoisotopic (exact) mass is 470 g/mol. The summed E-state index contributed by atoms with van der Waals surface area (Å²) in [6, 6.07) is 1.73. The molecule has 0 spiro atoms. The Morgan fingerprint density at radius 2 is 1.88 bits per heavy atom. The Kier molecular flexibility index (Phi) is 5.61. The van der Waals surface area contributed by atoms with Crippen LogP contribution in [0.1, 0.15) is 37.8 Å². The number of aliphatic hydroxyl groups is 3. The molecule has 1 fully saturated rings. The highest BCUT2D eigenvalue weighted by molar-refractivity contribution is 6.26. The highest BCUT2D eigenvalue weighted by Crippen LogP contribution is 2.53. The lowest BCUT2D eigenvalue weighted by molar-refractivity contribution is -0.149. The Morgan fingerprint density at radius 3 is 2.47 bits per heavy atom.